The Balaban J connectivity index is 1.57. The Labute approximate surface area is 140 Å². The molecular weight excluding hydrogens is 303 g/mol. The van der Waals surface area contributed by atoms with Crippen LogP contribution in [0.5, 0.6) is 5.75 Å². The van der Waals surface area contributed by atoms with Crippen molar-refractivity contribution in [2.24, 2.45) is 0 Å². The van der Waals surface area contributed by atoms with Crippen LogP contribution in [0.25, 0.3) is 10.9 Å². The average molecular weight is 323 g/mol. The van der Waals surface area contributed by atoms with Gasteiger partial charge in [-0.15, -0.1) is 0 Å². The van der Waals surface area contributed by atoms with Crippen molar-refractivity contribution in [2.75, 3.05) is 11.9 Å². The fourth-order valence-electron chi connectivity index (χ4n) is 3.46. The third-order valence-electron chi connectivity index (χ3n) is 4.71. The summed E-state index contributed by atoms with van der Waals surface area (Å²) >= 11 is 0. The number of aromatic amines is 1. The highest BCUT2D eigenvalue weighted by molar-refractivity contribution is 5.83. The number of para-hydroxylation sites is 2. The minimum atomic E-state index is -0.212. The van der Waals surface area contributed by atoms with Crippen LogP contribution in [-0.4, -0.2) is 17.6 Å². The Morgan fingerprint density at radius 2 is 2.12 bits per heavy atom. The molecule has 1 aliphatic heterocycles. The third-order valence-corrected chi connectivity index (χ3v) is 4.71. The second-order valence-electron chi connectivity index (χ2n) is 6.27. The van der Waals surface area contributed by atoms with Crippen molar-refractivity contribution in [3.8, 4) is 5.75 Å². The van der Waals surface area contributed by atoms with Crippen molar-refractivity contribution >= 4 is 16.6 Å². The van der Waals surface area contributed by atoms with Gasteiger partial charge in [-0.3, -0.25) is 0 Å². The molecule has 1 aliphatic rings. The zero-order valence-electron chi connectivity index (χ0n) is 13.4. The molecule has 0 saturated carbocycles. The number of hydrogen-bond acceptors (Lipinski definition) is 2. The first kappa shape index (κ1) is 15.1. The number of benzene rings is 2. The summed E-state index contributed by atoms with van der Waals surface area (Å²) in [5, 5.41) is 4.36. The van der Waals surface area contributed by atoms with Gasteiger partial charge >= 0.3 is 0 Å². The number of rotatable bonds is 4. The Hall–Kier alpha value is -2.49. The SMILES string of the molecule is [CH2]CC(CC1CNc2ccccc2O1)c1c[nH]c2ccc(F)cc12. The van der Waals surface area contributed by atoms with Crippen LogP contribution >= 0.6 is 0 Å². The number of hydrogen-bond donors (Lipinski definition) is 2. The smallest absolute Gasteiger partial charge is 0.142 e. The molecule has 1 aromatic heterocycles. The van der Waals surface area contributed by atoms with Crippen LogP contribution in [0.3, 0.4) is 0 Å². The summed E-state index contributed by atoms with van der Waals surface area (Å²) in [4.78, 5) is 3.23. The summed E-state index contributed by atoms with van der Waals surface area (Å²) in [6, 6.07) is 12.8. The lowest BCUT2D eigenvalue weighted by molar-refractivity contribution is 0.185. The monoisotopic (exact) mass is 323 g/mol. The maximum absolute atomic E-state index is 13.6. The van der Waals surface area contributed by atoms with Gasteiger partial charge in [0.2, 0.25) is 0 Å². The van der Waals surface area contributed by atoms with E-state index in [0.29, 0.717) is 0 Å². The zero-order valence-corrected chi connectivity index (χ0v) is 13.4. The number of ether oxygens (including phenoxy) is 1. The first-order valence-corrected chi connectivity index (χ1v) is 8.30. The molecule has 0 saturated heterocycles. The summed E-state index contributed by atoms with van der Waals surface area (Å²) in [5.41, 5.74) is 3.11. The molecule has 123 valence electrons. The highest BCUT2D eigenvalue weighted by Crippen LogP contribution is 2.35. The molecule has 3 nitrogen and oxygen atoms in total. The van der Waals surface area contributed by atoms with E-state index >= 15 is 0 Å². The highest BCUT2D eigenvalue weighted by Gasteiger charge is 2.24. The number of halogens is 1. The molecule has 0 fully saturated rings. The summed E-state index contributed by atoms with van der Waals surface area (Å²) in [5.74, 6) is 0.898. The number of anilines is 1. The second-order valence-corrected chi connectivity index (χ2v) is 6.27. The van der Waals surface area contributed by atoms with Crippen molar-refractivity contribution in [1.29, 1.82) is 0 Å². The molecule has 2 aromatic carbocycles. The summed E-state index contributed by atoms with van der Waals surface area (Å²) in [6.07, 6.45) is 3.63. The van der Waals surface area contributed by atoms with Crippen molar-refractivity contribution < 1.29 is 9.13 Å². The number of nitrogens with one attached hydrogen (secondary N) is 2. The largest absolute Gasteiger partial charge is 0.486 e. The van der Waals surface area contributed by atoms with Crippen molar-refractivity contribution in [1.82, 2.24) is 4.98 Å². The fraction of sp³-hybridized carbons (Fsp3) is 0.250. The van der Waals surface area contributed by atoms with Gasteiger partial charge in [0.25, 0.3) is 0 Å². The standard InChI is InChI=1S/C20H20FN2O/c1-2-13(17-12-23-18-8-7-14(21)10-16(17)18)9-15-11-22-19-5-3-4-6-20(19)24-15/h3-8,10,12-13,15,22-23H,1-2,9,11H2. The Bertz CT molecular complexity index is 858. The van der Waals surface area contributed by atoms with Gasteiger partial charge in [-0.05, 0) is 54.7 Å². The molecule has 24 heavy (non-hydrogen) atoms. The van der Waals surface area contributed by atoms with Crippen LogP contribution in [0, 0.1) is 12.7 Å². The summed E-state index contributed by atoms with van der Waals surface area (Å²) in [7, 11) is 0. The Morgan fingerprint density at radius 3 is 3.00 bits per heavy atom. The first-order valence-electron chi connectivity index (χ1n) is 8.30. The van der Waals surface area contributed by atoms with Crippen molar-refractivity contribution in [2.45, 2.75) is 24.9 Å². The van der Waals surface area contributed by atoms with Gasteiger partial charge in [-0.2, -0.15) is 0 Å². The number of fused-ring (bicyclic) bond motifs is 2. The fourth-order valence-corrected chi connectivity index (χ4v) is 3.46. The predicted octanol–water partition coefficient (Wildman–Crippen LogP) is 4.88. The van der Waals surface area contributed by atoms with E-state index in [1.54, 1.807) is 12.1 Å². The number of H-pyrrole nitrogens is 1. The maximum atomic E-state index is 13.6. The number of aromatic nitrogens is 1. The molecule has 0 bridgehead atoms. The van der Waals surface area contributed by atoms with Crippen LogP contribution in [-0.2, 0) is 0 Å². The van der Waals surface area contributed by atoms with E-state index in [9.17, 15) is 4.39 Å². The molecule has 2 N–H and O–H groups in total. The minimum Gasteiger partial charge on any atom is -0.486 e. The van der Waals surface area contributed by atoms with Gasteiger partial charge in [0.05, 0.1) is 12.2 Å². The molecular formula is C20H20FN2O. The highest BCUT2D eigenvalue weighted by atomic mass is 19.1. The van der Waals surface area contributed by atoms with Gasteiger partial charge in [-0.25, -0.2) is 4.39 Å². The Kier molecular flexibility index (Phi) is 3.89. The van der Waals surface area contributed by atoms with E-state index in [2.05, 4.69) is 17.2 Å². The predicted molar refractivity (Wildman–Crippen MR) is 94.9 cm³/mol. The van der Waals surface area contributed by atoms with Crippen LogP contribution in [0.1, 0.15) is 24.3 Å². The lowest BCUT2D eigenvalue weighted by atomic mass is 9.90. The minimum absolute atomic E-state index is 0.0742. The van der Waals surface area contributed by atoms with E-state index in [0.717, 1.165) is 47.3 Å². The molecule has 4 rings (SSSR count). The molecule has 2 unspecified atom stereocenters. The first-order chi connectivity index (χ1) is 11.7. The van der Waals surface area contributed by atoms with Gasteiger partial charge in [0, 0.05) is 17.1 Å². The molecule has 0 spiro atoms. The van der Waals surface area contributed by atoms with E-state index < -0.39 is 0 Å². The van der Waals surface area contributed by atoms with E-state index in [4.69, 9.17) is 4.74 Å². The normalized spacial score (nSPS) is 17.8. The molecule has 2 atom stereocenters. The topological polar surface area (TPSA) is 37.0 Å². The average Bonchev–Trinajstić information content (AvgIpc) is 3.02. The third kappa shape index (κ3) is 2.73. The zero-order chi connectivity index (χ0) is 16.5. The summed E-state index contributed by atoms with van der Waals surface area (Å²) in [6.45, 7) is 4.87. The quantitative estimate of drug-likeness (QED) is 0.718. The van der Waals surface area contributed by atoms with Gasteiger partial charge in [-0.1, -0.05) is 19.1 Å². The van der Waals surface area contributed by atoms with Gasteiger partial charge in [0.15, 0.2) is 0 Å². The maximum Gasteiger partial charge on any atom is 0.142 e. The lowest BCUT2D eigenvalue weighted by Crippen LogP contribution is -2.32. The lowest BCUT2D eigenvalue weighted by Gasteiger charge is -2.29. The van der Waals surface area contributed by atoms with E-state index in [-0.39, 0.29) is 17.8 Å². The van der Waals surface area contributed by atoms with Crippen molar-refractivity contribution in [3.05, 3.63) is 67.0 Å². The molecule has 0 aliphatic carbocycles. The van der Waals surface area contributed by atoms with Crippen LogP contribution in [0.4, 0.5) is 10.1 Å². The molecule has 4 heteroatoms. The molecule has 1 radical (unpaired) electrons. The van der Waals surface area contributed by atoms with Gasteiger partial charge in [0.1, 0.15) is 17.7 Å². The van der Waals surface area contributed by atoms with Crippen LogP contribution in [0.2, 0.25) is 0 Å². The second kappa shape index (κ2) is 6.19. The van der Waals surface area contributed by atoms with E-state index in [1.807, 2.05) is 30.5 Å². The molecule has 3 aromatic rings. The van der Waals surface area contributed by atoms with Gasteiger partial charge < -0.3 is 15.0 Å². The Morgan fingerprint density at radius 1 is 1.25 bits per heavy atom. The van der Waals surface area contributed by atoms with Crippen molar-refractivity contribution in [3.63, 3.8) is 0 Å². The van der Waals surface area contributed by atoms with Crippen LogP contribution < -0.4 is 10.1 Å². The summed E-state index contributed by atoms with van der Waals surface area (Å²) < 4.78 is 19.7. The van der Waals surface area contributed by atoms with Crippen LogP contribution in [0.15, 0.2) is 48.7 Å². The molecule has 0 amide bonds. The van der Waals surface area contributed by atoms with E-state index in [1.165, 1.54) is 6.07 Å². The molecule has 2 heterocycles.